The molecular formula is C45H38N2Si. The van der Waals surface area contributed by atoms with E-state index in [4.69, 9.17) is 0 Å². The highest BCUT2D eigenvalue weighted by Gasteiger charge is 2.39. The van der Waals surface area contributed by atoms with E-state index in [1.54, 1.807) is 0 Å². The zero-order valence-corrected chi connectivity index (χ0v) is 28.4. The Hall–Kier alpha value is -5.64. The van der Waals surface area contributed by atoms with Gasteiger partial charge in [0, 0.05) is 34.0 Å². The van der Waals surface area contributed by atoms with Gasteiger partial charge in [-0.3, -0.25) is 0 Å². The number of benzene rings is 7. The maximum atomic E-state index is 2.48. The molecule has 0 aliphatic carbocycles. The van der Waals surface area contributed by atoms with E-state index in [9.17, 15) is 0 Å². The van der Waals surface area contributed by atoms with Gasteiger partial charge in [0.05, 0.1) is 5.69 Å². The van der Waals surface area contributed by atoms with Gasteiger partial charge in [0.15, 0.2) is 0 Å². The molecule has 7 aromatic rings. The number of anilines is 6. The molecular weight excluding hydrogens is 597 g/mol. The van der Waals surface area contributed by atoms with Crippen molar-refractivity contribution in [1.82, 2.24) is 0 Å². The quantitative estimate of drug-likeness (QED) is 0.154. The standard InChI is InChI=1S/C45H38N2Si/c1-48(2)43-23-13-12-21-41(43)45-42(22-14-24-44(45)48)47(38-19-10-5-11-20-38)40-31-27-35(28-32-40)33-34-25-29-39(30-26-34)46(36-15-6-3-7-16-36)37-17-8-4-9-18-37/h3-32H,33H2,1-2H3. The summed E-state index contributed by atoms with van der Waals surface area (Å²) in [5, 5.41) is 3.04. The summed E-state index contributed by atoms with van der Waals surface area (Å²) in [6.45, 7) is 4.97. The van der Waals surface area contributed by atoms with E-state index in [-0.39, 0.29) is 0 Å². The van der Waals surface area contributed by atoms with E-state index in [2.05, 4.69) is 205 Å². The average Bonchev–Trinajstić information content (AvgIpc) is 3.38. The van der Waals surface area contributed by atoms with Crippen LogP contribution in [-0.4, -0.2) is 8.07 Å². The van der Waals surface area contributed by atoms with Crippen molar-refractivity contribution in [3.63, 3.8) is 0 Å². The van der Waals surface area contributed by atoms with Crippen LogP contribution in [0.15, 0.2) is 182 Å². The zero-order valence-electron chi connectivity index (χ0n) is 27.4. The smallest absolute Gasteiger partial charge is 0.113 e. The molecule has 0 amide bonds. The lowest BCUT2D eigenvalue weighted by atomic mass is 10.0. The van der Waals surface area contributed by atoms with Gasteiger partial charge in [-0.1, -0.05) is 128 Å². The lowest BCUT2D eigenvalue weighted by molar-refractivity contribution is 1.18. The molecule has 3 heteroatoms. The highest BCUT2D eigenvalue weighted by atomic mass is 28.3. The van der Waals surface area contributed by atoms with E-state index in [0.29, 0.717) is 0 Å². The number of hydrogen-bond donors (Lipinski definition) is 0. The molecule has 0 aromatic heterocycles. The topological polar surface area (TPSA) is 6.48 Å². The minimum atomic E-state index is -1.79. The molecule has 0 saturated carbocycles. The third-order valence-electron chi connectivity index (χ3n) is 9.67. The predicted molar refractivity (Wildman–Crippen MR) is 207 cm³/mol. The SMILES string of the molecule is C[Si]1(C)c2ccccc2-c2c(N(c3ccccc3)c3ccc(Cc4ccc(N(c5ccccc5)c5ccccc5)cc4)cc3)cccc21. The molecule has 0 bridgehead atoms. The molecule has 0 saturated heterocycles. The monoisotopic (exact) mass is 634 g/mol. The van der Waals surface area contributed by atoms with Crippen molar-refractivity contribution in [2.24, 2.45) is 0 Å². The second-order valence-corrected chi connectivity index (χ2v) is 17.4. The van der Waals surface area contributed by atoms with Crippen LogP contribution in [0.1, 0.15) is 11.1 Å². The van der Waals surface area contributed by atoms with Crippen LogP contribution in [-0.2, 0) is 6.42 Å². The summed E-state index contributed by atoms with van der Waals surface area (Å²) in [5.41, 5.74) is 12.4. The lowest BCUT2D eigenvalue weighted by Crippen LogP contribution is -2.49. The van der Waals surface area contributed by atoms with E-state index >= 15 is 0 Å². The fourth-order valence-electron chi connectivity index (χ4n) is 7.29. The Morgan fingerprint density at radius 2 is 0.792 bits per heavy atom. The molecule has 0 N–H and O–H groups in total. The molecule has 8 rings (SSSR count). The largest absolute Gasteiger partial charge is 0.311 e. The molecule has 0 fully saturated rings. The van der Waals surface area contributed by atoms with Crippen LogP contribution in [0.3, 0.4) is 0 Å². The highest BCUT2D eigenvalue weighted by Crippen LogP contribution is 2.43. The summed E-state index contributed by atoms with van der Waals surface area (Å²) in [4.78, 5) is 4.74. The summed E-state index contributed by atoms with van der Waals surface area (Å²) < 4.78 is 0. The van der Waals surface area contributed by atoms with Crippen molar-refractivity contribution in [2.45, 2.75) is 19.5 Å². The molecule has 7 aromatic carbocycles. The van der Waals surface area contributed by atoms with Crippen LogP contribution in [0.4, 0.5) is 34.1 Å². The molecule has 0 radical (unpaired) electrons. The number of rotatable bonds is 8. The van der Waals surface area contributed by atoms with Gasteiger partial charge in [-0.25, -0.2) is 0 Å². The summed E-state index contributed by atoms with van der Waals surface area (Å²) in [6.07, 6.45) is 0.871. The van der Waals surface area contributed by atoms with Gasteiger partial charge < -0.3 is 9.80 Å². The summed E-state index contributed by atoms with van der Waals surface area (Å²) in [5.74, 6) is 0. The van der Waals surface area contributed by atoms with Crippen LogP contribution in [0.25, 0.3) is 11.1 Å². The Bertz CT molecular complexity index is 2120. The molecule has 48 heavy (non-hydrogen) atoms. The third kappa shape index (κ3) is 5.42. The Morgan fingerprint density at radius 1 is 0.375 bits per heavy atom. The first kappa shape index (κ1) is 29.7. The van der Waals surface area contributed by atoms with Crippen LogP contribution in [0.5, 0.6) is 0 Å². The second-order valence-electron chi connectivity index (χ2n) is 13.1. The minimum absolute atomic E-state index is 0.871. The van der Waals surface area contributed by atoms with Crippen molar-refractivity contribution < 1.29 is 0 Å². The highest BCUT2D eigenvalue weighted by molar-refractivity contribution is 7.04. The second kappa shape index (κ2) is 12.5. The Kier molecular flexibility index (Phi) is 7.76. The summed E-state index contributed by atoms with van der Waals surface area (Å²) >= 11 is 0. The van der Waals surface area contributed by atoms with E-state index in [1.165, 1.54) is 49.7 Å². The summed E-state index contributed by atoms with van der Waals surface area (Å²) in [6, 6.07) is 66.0. The third-order valence-corrected chi connectivity index (χ3v) is 13.2. The van der Waals surface area contributed by atoms with Crippen LogP contribution < -0.4 is 20.2 Å². The fraction of sp³-hybridized carbons (Fsp3) is 0.0667. The van der Waals surface area contributed by atoms with Gasteiger partial charge in [0.1, 0.15) is 8.07 Å². The minimum Gasteiger partial charge on any atom is -0.311 e. The zero-order chi connectivity index (χ0) is 32.5. The van der Waals surface area contributed by atoms with Crippen molar-refractivity contribution in [1.29, 1.82) is 0 Å². The normalized spacial score (nSPS) is 12.6. The van der Waals surface area contributed by atoms with Gasteiger partial charge in [-0.05, 0) is 100 Å². The molecule has 232 valence electrons. The maximum absolute atomic E-state index is 2.48. The number of para-hydroxylation sites is 3. The average molecular weight is 635 g/mol. The van der Waals surface area contributed by atoms with Gasteiger partial charge in [-0.15, -0.1) is 0 Å². The molecule has 0 atom stereocenters. The van der Waals surface area contributed by atoms with Gasteiger partial charge in [-0.2, -0.15) is 0 Å². The maximum Gasteiger partial charge on any atom is 0.113 e. The van der Waals surface area contributed by atoms with E-state index in [0.717, 1.165) is 23.5 Å². The fourth-order valence-corrected chi connectivity index (χ4v) is 10.4. The molecule has 2 nitrogen and oxygen atoms in total. The first-order valence-electron chi connectivity index (χ1n) is 16.7. The Balaban J connectivity index is 1.11. The van der Waals surface area contributed by atoms with E-state index < -0.39 is 8.07 Å². The number of nitrogens with zero attached hydrogens (tertiary/aromatic N) is 2. The molecule has 0 spiro atoms. The van der Waals surface area contributed by atoms with Crippen molar-refractivity contribution in [2.75, 3.05) is 9.80 Å². The van der Waals surface area contributed by atoms with Crippen LogP contribution in [0, 0.1) is 0 Å². The Labute approximate surface area is 285 Å². The van der Waals surface area contributed by atoms with Crippen LogP contribution in [0.2, 0.25) is 13.1 Å². The lowest BCUT2D eigenvalue weighted by Gasteiger charge is -2.28. The van der Waals surface area contributed by atoms with Crippen LogP contribution >= 0.6 is 0 Å². The van der Waals surface area contributed by atoms with Crippen molar-refractivity contribution in [3.05, 3.63) is 193 Å². The Morgan fingerprint density at radius 3 is 1.33 bits per heavy atom. The van der Waals surface area contributed by atoms with Gasteiger partial charge >= 0.3 is 0 Å². The number of hydrogen-bond acceptors (Lipinski definition) is 2. The van der Waals surface area contributed by atoms with Crippen molar-refractivity contribution >= 4 is 52.6 Å². The van der Waals surface area contributed by atoms with Gasteiger partial charge in [0.2, 0.25) is 0 Å². The van der Waals surface area contributed by atoms with E-state index in [1.807, 2.05) is 0 Å². The molecule has 0 unspecified atom stereocenters. The summed E-state index contributed by atoms with van der Waals surface area (Å²) in [7, 11) is -1.79. The van der Waals surface area contributed by atoms with Gasteiger partial charge in [0.25, 0.3) is 0 Å². The molecule has 1 heterocycles. The predicted octanol–water partition coefficient (Wildman–Crippen LogP) is 11.0. The number of fused-ring (bicyclic) bond motifs is 3. The first-order valence-corrected chi connectivity index (χ1v) is 19.7. The molecule has 1 aliphatic heterocycles. The van der Waals surface area contributed by atoms with Crippen molar-refractivity contribution in [3.8, 4) is 11.1 Å². The first-order chi connectivity index (χ1) is 23.6. The molecule has 1 aliphatic rings.